The van der Waals surface area contributed by atoms with Crippen LogP contribution in [0.2, 0.25) is 0 Å². The lowest BCUT2D eigenvalue weighted by molar-refractivity contribution is -0.308. The molecule has 0 unspecified atom stereocenters. The third kappa shape index (κ3) is 6.70. The fourth-order valence-electron chi connectivity index (χ4n) is 5.53. The summed E-state index contributed by atoms with van der Waals surface area (Å²) in [7, 11) is 1.66. The molecule has 12 heteroatoms. The van der Waals surface area contributed by atoms with E-state index in [4.69, 9.17) is 30.4 Å². The van der Waals surface area contributed by atoms with Gasteiger partial charge >= 0.3 is 0 Å². The van der Waals surface area contributed by atoms with E-state index < -0.39 is 48.6 Å². The van der Waals surface area contributed by atoms with E-state index in [-0.39, 0.29) is 30.8 Å². The van der Waals surface area contributed by atoms with Gasteiger partial charge in [0.1, 0.15) is 30.0 Å². The topological polar surface area (TPSA) is 186 Å². The first-order chi connectivity index (χ1) is 16.7. The lowest BCUT2D eigenvalue weighted by Gasteiger charge is -2.49. The zero-order valence-electron chi connectivity index (χ0n) is 21.4. The molecular weight excluding hydrogens is 458 g/mol. The summed E-state index contributed by atoms with van der Waals surface area (Å²) in [6.07, 6.45) is -3.44. The van der Waals surface area contributed by atoms with Gasteiger partial charge in [-0.2, -0.15) is 0 Å². The van der Waals surface area contributed by atoms with E-state index in [0.717, 1.165) is 6.42 Å². The number of hydrogen-bond donors (Lipinski definition) is 8. The van der Waals surface area contributed by atoms with Gasteiger partial charge in [-0.3, -0.25) is 0 Å². The van der Waals surface area contributed by atoms with Crippen LogP contribution in [0.15, 0.2) is 0 Å². The molecule has 3 aliphatic rings. The summed E-state index contributed by atoms with van der Waals surface area (Å²) >= 11 is 0. The zero-order chi connectivity index (χ0) is 25.8. The number of rotatable bonds is 10. The van der Waals surface area contributed by atoms with Crippen molar-refractivity contribution < 1.29 is 34.3 Å². The van der Waals surface area contributed by atoms with E-state index in [1.807, 2.05) is 13.8 Å². The lowest BCUT2D eigenvalue weighted by Crippen LogP contribution is -2.69. The van der Waals surface area contributed by atoms with Gasteiger partial charge in [0.05, 0.1) is 24.8 Å². The number of aliphatic hydroxyl groups is 3. The number of likely N-dealkylation sites (N-methyl/N-ethyl adjacent to an activating group) is 3. The molecule has 0 aromatic heterocycles. The fraction of sp³-hybridized carbons (Fsp3) is 1.00. The highest BCUT2D eigenvalue weighted by Gasteiger charge is 2.51. The Morgan fingerprint density at radius 3 is 2.14 bits per heavy atom. The van der Waals surface area contributed by atoms with Crippen LogP contribution in [-0.2, 0) is 18.9 Å². The first-order valence-corrected chi connectivity index (χ1v) is 12.9. The van der Waals surface area contributed by atoms with E-state index in [1.54, 1.807) is 14.0 Å². The molecule has 0 aromatic rings. The zero-order valence-corrected chi connectivity index (χ0v) is 21.4. The molecule has 2 aliphatic heterocycles. The monoisotopic (exact) mass is 505 g/mol. The van der Waals surface area contributed by atoms with Crippen LogP contribution in [0, 0.1) is 0 Å². The first kappa shape index (κ1) is 29.1. The van der Waals surface area contributed by atoms with Crippen LogP contribution in [0.4, 0.5) is 0 Å². The van der Waals surface area contributed by atoms with Gasteiger partial charge in [0.2, 0.25) is 0 Å². The Balaban J connectivity index is 1.80. The minimum absolute atomic E-state index is 0.0277. The maximum absolute atomic E-state index is 11.6. The van der Waals surface area contributed by atoms with Crippen molar-refractivity contribution in [2.24, 2.45) is 11.5 Å². The summed E-state index contributed by atoms with van der Waals surface area (Å²) < 4.78 is 24.2. The largest absolute Gasteiger partial charge is 0.388 e. The molecule has 0 aromatic carbocycles. The molecule has 2 heterocycles. The molecule has 206 valence electrons. The van der Waals surface area contributed by atoms with Crippen LogP contribution in [0.3, 0.4) is 0 Å². The molecule has 3 rings (SSSR count). The third-order valence-electron chi connectivity index (χ3n) is 7.39. The quantitative estimate of drug-likeness (QED) is 0.154. The van der Waals surface area contributed by atoms with Gasteiger partial charge in [0.15, 0.2) is 12.6 Å². The Labute approximate surface area is 208 Å². The summed E-state index contributed by atoms with van der Waals surface area (Å²) in [4.78, 5) is 0. The van der Waals surface area contributed by atoms with Crippen molar-refractivity contribution in [3.05, 3.63) is 0 Å². The molecule has 12 nitrogen and oxygen atoms in total. The minimum atomic E-state index is -1.27. The highest BCUT2D eigenvalue weighted by atomic mass is 16.7. The van der Waals surface area contributed by atoms with Crippen LogP contribution in [0.1, 0.15) is 40.0 Å². The third-order valence-corrected chi connectivity index (χ3v) is 7.39. The Morgan fingerprint density at radius 1 is 1.00 bits per heavy atom. The molecule has 1 saturated carbocycles. The van der Waals surface area contributed by atoms with Gasteiger partial charge in [-0.25, -0.2) is 0 Å². The minimum Gasteiger partial charge on any atom is -0.388 e. The van der Waals surface area contributed by atoms with E-state index in [9.17, 15) is 15.3 Å². The SMILES string of the molecule is CCN[C@H]1C[C@@H](NCC)[C@H](O[C@H]2OC[C@](C)(O)[C@H](NC)[C@H]2O)[C@@H](O)[C@@H]1O[C@H]1O[C@H](CN)CC[C@H]1N. The van der Waals surface area contributed by atoms with E-state index >= 15 is 0 Å². The fourth-order valence-corrected chi connectivity index (χ4v) is 5.53. The number of nitrogens with one attached hydrogen (secondary N) is 3. The van der Waals surface area contributed by atoms with Crippen LogP contribution in [-0.4, -0.2) is 121 Å². The van der Waals surface area contributed by atoms with Crippen LogP contribution in [0.25, 0.3) is 0 Å². The van der Waals surface area contributed by atoms with Crippen molar-refractivity contribution >= 4 is 0 Å². The van der Waals surface area contributed by atoms with Crippen LogP contribution in [0.5, 0.6) is 0 Å². The number of aliphatic hydroxyl groups excluding tert-OH is 2. The average Bonchev–Trinajstić information content (AvgIpc) is 2.81. The molecule has 12 atom stereocenters. The Kier molecular flexibility index (Phi) is 10.7. The smallest absolute Gasteiger partial charge is 0.185 e. The molecule has 0 spiro atoms. The lowest BCUT2D eigenvalue weighted by atomic mass is 9.83. The van der Waals surface area contributed by atoms with E-state index in [2.05, 4.69) is 16.0 Å². The van der Waals surface area contributed by atoms with Crippen molar-refractivity contribution in [3.8, 4) is 0 Å². The summed E-state index contributed by atoms with van der Waals surface area (Å²) in [6.45, 7) is 7.27. The molecule has 10 N–H and O–H groups in total. The highest BCUT2D eigenvalue weighted by molar-refractivity contribution is 5.03. The second-order valence-corrected chi connectivity index (χ2v) is 10.2. The average molecular weight is 506 g/mol. The molecule has 0 bridgehead atoms. The predicted octanol–water partition coefficient (Wildman–Crippen LogP) is -2.68. The van der Waals surface area contributed by atoms with Crippen molar-refractivity contribution in [1.82, 2.24) is 16.0 Å². The number of ether oxygens (including phenoxy) is 4. The molecule has 3 fully saturated rings. The molecule has 1 aliphatic carbocycles. The maximum atomic E-state index is 11.6. The second-order valence-electron chi connectivity index (χ2n) is 10.2. The Morgan fingerprint density at radius 2 is 1.60 bits per heavy atom. The summed E-state index contributed by atoms with van der Waals surface area (Å²) in [5.74, 6) is 0. The Hall–Kier alpha value is -0.480. The van der Waals surface area contributed by atoms with Crippen molar-refractivity contribution in [3.63, 3.8) is 0 Å². The van der Waals surface area contributed by atoms with Crippen LogP contribution < -0.4 is 27.4 Å². The first-order valence-electron chi connectivity index (χ1n) is 12.9. The molecular formula is C23H47N5O7. The summed E-state index contributed by atoms with van der Waals surface area (Å²) in [5, 5.41) is 42.8. The van der Waals surface area contributed by atoms with Gasteiger partial charge in [-0.05, 0) is 46.3 Å². The van der Waals surface area contributed by atoms with E-state index in [1.165, 1.54) is 0 Å². The normalized spacial score (nSPS) is 47.1. The van der Waals surface area contributed by atoms with Gasteiger partial charge in [0, 0.05) is 18.6 Å². The predicted molar refractivity (Wildman–Crippen MR) is 129 cm³/mol. The maximum Gasteiger partial charge on any atom is 0.185 e. The molecule has 2 saturated heterocycles. The van der Waals surface area contributed by atoms with Gasteiger partial charge in [-0.15, -0.1) is 0 Å². The molecule has 0 radical (unpaired) electrons. The summed E-state index contributed by atoms with van der Waals surface area (Å²) in [6, 6.07) is -1.41. The highest BCUT2D eigenvalue weighted by Crippen LogP contribution is 2.32. The Bertz CT molecular complexity index is 647. The van der Waals surface area contributed by atoms with Crippen LogP contribution >= 0.6 is 0 Å². The van der Waals surface area contributed by atoms with Crippen molar-refractivity contribution in [1.29, 1.82) is 0 Å². The standard InChI is InChI=1S/C23H47N5O7/c1-5-27-14-9-15(28-6-2)19(35-22-17(30)20(26-4)23(3,31)11-32-22)16(29)18(14)34-21-13(25)8-7-12(10-24)33-21/h12-22,26-31H,5-11,24-25H2,1-4H3/t12-,13+,14-,15+,16-,17+,18+,19-,20+,21+,22+,23-/m0/s1. The van der Waals surface area contributed by atoms with Gasteiger partial charge in [-0.1, -0.05) is 13.8 Å². The number of nitrogens with two attached hydrogens (primary N) is 2. The second kappa shape index (κ2) is 12.9. The van der Waals surface area contributed by atoms with E-state index in [0.29, 0.717) is 32.5 Å². The van der Waals surface area contributed by atoms with Gasteiger partial charge in [0.25, 0.3) is 0 Å². The molecule has 35 heavy (non-hydrogen) atoms. The number of hydrogen-bond acceptors (Lipinski definition) is 12. The van der Waals surface area contributed by atoms with Gasteiger partial charge < -0.3 is 61.7 Å². The van der Waals surface area contributed by atoms with Crippen molar-refractivity contribution in [2.45, 2.75) is 113 Å². The summed E-state index contributed by atoms with van der Waals surface area (Å²) in [5.41, 5.74) is 10.8. The van der Waals surface area contributed by atoms with Crippen molar-refractivity contribution in [2.75, 3.05) is 33.3 Å². The molecule has 0 amide bonds.